The number of nitrogens with one attached hydrogen (secondary N) is 1. The Hall–Kier alpha value is -3.89. The Morgan fingerprint density at radius 2 is 2.12 bits per heavy atom. The van der Waals surface area contributed by atoms with Crippen molar-refractivity contribution >= 4 is 34.2 Å². The van der Waals surface area contributed by atoms with Crippen molar-refractivity contribution in [3.8, 4) is 5.75 Å². The van der Waals surface area contributed by atoms with Gasteiger partial charge in [-0.2, -0.15) is 0 Å². The van der Waals surface area contributed by atoms with Crippen molar-refractivity contribution in [1.29, 1.82) is 0 Å². The fraction of sp³-hybridized carbons (Fsp3) is 0.333. The largest absolute Gasteiger partial charge is 0.487 e. The molecule has 1 saturated heterocycles. The van der Waals surface area contributed by atoms with E-state index < -0.39 is 22.8 Å². The Morgan fingerprint density at radius 1 is 1.38 bits per heavy atom. The van der Waals surface area contributed by atoms with E-state index in [4.69, 9.17) is 10.5 Å². The molecule has 11 heteroatoms. The first-order valence-electron chi connectivity index (χ1n) is 10.2. The van der Waals surface area contributed by atoms with E-state index in [9.17, 15) is 14.7 Å². The molecule has 0 radical (unpaired) electrons. The van der Waals surface area contributed by atoms with Gasteiger partial charge in [0, 0.05) is 25.3 Å². The van der Waals surface area contributed by atoms with E-state index in [2.05, 4.69) is 15.3 Å². The van der Waals surface area contributed by atoms with Gasteiger partial charge in [-0.3, -0.25) is 4.79 Å². The summed E-state index contributed by atoms with van der Waals surface area (Å²) < 4.78 is 22.9. The summed E-state index contributed by atoms with van der Waals surface area (Å²) in [6.45, 7) is 3.11. The zero-order valence-corrected chi connectivity index (χ0v) is 17.2. The molecule has 0 spiro atoms. The summed E-state index contributed by atoms with van der Waals surface area (Å²) >= 11 is 0. The molecule has 4 N–H and O–H groups in total. The van der Waals surface area contributed by atoms with Gasteiger partial charge in [0.05, 0.1) is 35.0 Å². The van der Waals surface area contributed by atoms with Crippen LogP contribution in [0.5, 0.6) is 5.75 Å². The van der Waals surface area contributed by atoms with Crippen molar-refractivity contribution in [2.45, 2.75) is 25.4 Å². The first-order chi connectivity index (χ1) is 15.3. The molecule has 0 bridgehead atoms. The molecule has 2 aliphatic heterocycles. The van der Waals surface area contributed by atoms with Crippen LogP contribution in [0.25, 0.3) is 10.9 Å². The Kier molecular flexibility index (Phi) is 4.61. The molecule has 0 aliphatic carbocycles. The number of halogens is 1. The van der Waals surface area contributed by atoms with E-state index in [0.29, 0.717) is 36.7 Å². The molecule has 1 aromatic carbocycles. The number of hydrogen-bond donors (Lipinski definition) is 3. The number of carboxylic acids is 1. The van der Waals surface area contributed by atoms with E-state index in [1.54, 1.807) is 4.57 Å². The molecule has 4 heterocycles. The average molecular weight is 440 g/mol. The zero-order valence-electron chi connectivity index (χ0n) is 17.2. The number of nitrogens with two attached hydrogens (primary N) is 1. The quantitative estimate of drug-likeness (QED) is 0.555. The number of carbonyl (C=O) groups is 1. The molecule has 10 nitrogen and oxygen atoms in total. The number of carboxylic acid groups (broad SMARTS) is 1. The van der Waals surface area contributed by atoms with Crippen molar-refractivity contribution in [2.24, 2.45) is 0 Å². The van der Waals surface area contributed by atoms with Crippen LogP contribution in [0.3, 0.4) is 0 Å². The van der Waals surface area contributed by atoms with Gasteiger partial charge >= 0.3 is 5.97 Å². The summed E-state index contributed by atoms with van der Waals surface area (Å²) in [5.41, 5.74) is 5.64. The normalized spacial score (nSPS) is 19.8. The van der Waals surface area contributed by atoms with Crippen molar-refractivity contribution in [3.05, 3.63) is 46.3 Å². The topological polar surface area (TPSA) is 136 Å². The van der Waals surface area contributed by atoms with Crippen molar-refractivity contribution in [2.75, 3.05) is 35.6 Å². The van der Waals surface area contributed by atoms with Gasteiger partial charge in [-0.05, 0) is 19.4 Å². The van der Waals surface area contributed by atoms with E-state index in [1.807, 2.05) is 11.8 Å². The van der Waals surface area contributed by atoms with Crippen molar-refractivity contribution in [3.63, 3.8) is 0 Å². The highest BCUT2D eigenvalue weighted by molar-refractivity contribution is 5.97. The molecule has 1 unspecified atom stereocenters. The van der Waals surface area contributed by atoms with Crippen LogP contribution < -0.4 is 26.1 Å². The highest BCUT2D eigenvalue weighted by atomic mass is 19.1. The fourth-order valence-corrected chi connectivity index (χ4v) is 4.34. The summed E-state index contributed by atoms with van der Waals surface area (Å²) in [6, 6.07) is 0.877. The third kappa shape index (κ3) is 3.17. The second-order valence-corrected chi connectivity index (χ2v) is 8.09. The van der Waals surface area contributed by atoms with Gasteiger partial charge in [0.25, 0.3) is 0 Å². The maximum Gasteiger partial charge on any atom is 0.341 e. The van der Waals surface area contributed by atoms with Crippen LogP contribution in [0.2, 0.25) is 0 Å². The zero-order chi connectivity index (χ0) is 22.6. The van der Waals surface area contributed by atoms with Crippen LogP contribution in [0.1, 0.15) is 29.7 Å². The molecular formula is C21H21FN6O4. The Morgan fingerprint density at radius 3 is 2.84 bits per heavy atom. The minimum absolute atomic E-state index is 0.00292. The predicted molar refractivity (Wildman–Crippen MR) is 116 cm³/mol. The lowest BCUT2D eigenvalue weighted by molar-refractivity contribution is 0.0694. The minimum Gasteiger partial charge on any atom is -0.487 e. The summed E-state index contributed by atoms with van der Waals surface area (Å²) in [5, 5.41) is 12.6. The third-order valence-electron chi connectivity index (χ3n) is 5.88. The summed E-state index contributed by atoms with van der Waals surface area (Å²) in [7, 11) is 0. The molecule has 2 aromatic heterocycles. The maximum atomic E-state index is 15.3. The summed E-state index contributed by atoms with van der Waals surface area (Å²) in [5.74, 6) is -1.27. The highest BCUT2D eigenvalue weighted by Gasteiger charge is 2.33. The number of rotatable bonds is 4. The lowest BCUT2D eigenvalue weighted by Crippen LogP contribution is -2.30. The number of aromatic carboxylic acids is 1. The van der Waals surface area contributed by atoms with Crippen LogP contribution >= 0.6 is 0 Å². The number of anilines is 3. The number of ether oxygens (including phenoxy) is 1. The summed E-state index contributed by atoms with van der Waals surface area (Å²) in [4.78, 5) is 34.4. The standard InChI is InChI=1S/C21H21FN6O4/c1-10-9-32-19-16-13(18(29)14(20(30)31)8-28(10)16)4-15(22)17(19)27-3-2-12(7-27)26-21-24-5-11(23)6-25-21/h4-6,8,10,12H,2-3,7,9,23H2,1H3,(H,30,31)(H,24,25,26)/t10-,12?/m0/s1. The van der Waals surface area contributed by atoms with E-state index in [1.165, 1.54) is 18.6 Å². The number of pyridine rings is 1. The molecule has 0 saturated carbocycles. The third-order valence-corrected chi connectivity index (χ3v) is 5.88. The molecule has 5 rings (SSSR count). The van der Waals surface area contributed by atoms with Crippen LogP contribution in [0.15, 0.2) is 29.5 Å². The lowest BCUT2D eigenvalue weighted by Gasteiger charge is -2.31. The SMILES string of the molecule is C[C@H]1COc2c(N3CCC(Nc4ncc(N)cn4)C3)c(F)cc3c(=O)c(C(=O)O)cn1c23. The van der Waals surface area contributed by atoms with Crippen molar-refractivity contribution < 1.29 is 19.0 Å². The van der Waals surface area contributed by atoms with Gasteiger partial charge < -0.3 is 30.4 Å². The van der Waals surface area contributed by atoms with E-state index in [0.717, 1.165) is 6.07 Å². The smallest absolute Gasteiger partial charge is 0.341 e. The predicted octanol–water partition coefficient (Wildman–Crippen LogP) is 1.86. The van der Waals surface area contributed by atoms with Gasteiger partial charge in [-0.15, -0.1) is 0 Å². The molecule has 0 amide bonds. The molecule has 2 atom stereocenters. The highest BCUT2D eigenvalue weighted by Crippen LogP contribution is 2.42. The first-order valence-corrected chi connectivity index (χ1v) is 10.2. The lowest BCUT2D eigenvalue weighted by atomic mass is 10.1. The number of aromatic nitrogens is 3. The van der Waals surface area contributed by atoms with Crippen LogP contribution in [0, 0.1) is 5.82 Å². The Labute approximate surface area is 181 Å². The number of hydrogen-bond acceptors (Lipinski definition) is 8. The molecule has 3 aromatic rings. The van der Waals surface area contributed by atoms with Gasteiger partial charge in [0.2, 0.25) is 11.4 Å². The van der Waals surface area contributed by atoms with Gasteiger partial charge in [-0.25, -0.2) is 19.2 Å². The van der Waals surface area contributed by atoms with Gasteiger partial charge in [0.1, 0.15) is 17.9 Å². The molecule has 1 fully saturated rings. The fourth-order valence-electron chi connectivity index (χ4n) is 4.34. The van der Waals surface area contributed by atoms with Crippen LogP contribution in [-0.2, 0) is 0 Å². The maximum absolute atomic E-state index is 15.3. The molecule has 2 aliphatic rings. The van der Waals surface area contributed by atoms with Crippen LogP contribution in [0.4, 0.5) is 21.7 Å². The van der Waals surface area contributed by atoms with Gasteiger partial charge in [0.15, 0.2) is 11.6 Å². The molecule has 32 heavy (non-hydrogen) atoms. The van der Waals surface area contributed by atoms with Crippen LogP contribution in [-0.4, -0.2) is 51.3 Å². The van der Waals surface area contributed by atoms with Crippen molar-refractivity contribution in [1.82, 2.24) is 14.5 Å². The second-order valence-electron chi connectivity index (χ2n) is 8.09. The second kappa shape index (κ2) is 7.36. The first kappa shape index (κ1) is 20.0. The number of benzene rings is 1. The Balaban J connectivity index is 1.55. The summed E-state index contributed by atoms with van der Waals surface area (Å²) in [6.07, 6.45) is 5.05. The monoisotopic (exact) mass is 440 g/mol. The number of nitrogens with zero attached hydrogens (tertiary/aromatic N) is 4. The van der Waals surface area contributed by atoms with E-state index >= 15 is 4.39 Å². The Bertz CT molecular complexity index is 1290. The number of nitrogen functional groups attached to an aromatic ring is 1. The molecular weight excluding hydrogens is 419 g/mol. The van der Waals surface area contributed by atoms with Gasteiger partial charge in [-0.1, -0.05) is 0 Å². The van der Waals surface area contributed by atoms with E-state index in [-0.39, 0.29) is 35.5 Å². The average Bonchev–Trinajstić information content (AvgIpc) is 3.21. The molecule has 166 valence electrons. The minimum atomic E-state index is -1.34.